The number of rotatable bonds is 45. The second kappa shape index (κ2) is 58.8. The van der Waals surface area contributed by atoms with Crippen LogP contribution in [0.1, 0.15) is 212 Å². The van der Waals surface area contributed by atoms with Gasteiger partial charge in [-0.15, -0.1) is 0 Å². The minimum absolute atomic E-state index is 0. The molecule has 9 aromatic carbocycles. The molecule has 3 heterocycles. The van der Waals surface area contributed by atoms with Gasteiger partial charge in [-0.1, -0.05) is 300 Å². The Labute approximate surface area is 880 Å². The lowest BCUT2D eigenvalue weighted by Gasteiger charge is -2.37. The van der Waals surface area contributed by atoms with E-state index in [1.165, 1.54) is 73.3 Å². The summed E-state index contributed by atoms with van der Waals surface area (Å²) in [5.41, 5.74) is 1.99. The van der Waals surface area contributed by atoms with Crippen LogP contribution in [0.4, 0.5) is 14.4 Å². The maximum Gasteiger partial charge on any atom is 0.318 e. The molecule has 12 atom stereocenters. The van der Waals surface area contributed by atoms with Gasteiger partial charge in [0.2, 0.25) is 17.7 Å². The number of carbonyl (C=O) groups excluding carboxylic acids is 9. The molecule has 12 rings (SSSR count). The van der Waals surface area contributed by atoms with E-state index >= 15 is 0 Å². The zero-order valence-electron chi connectivity index (χ0n) is 109. The summed E-state index contributed by atoms with van der Waals surface area (Å²) in [6, 6.07) is 42.8. The van der Waals surface area contributed by atoms with Crippen LogP contribution >= 0.6 is 0 Å². The summed E-state index contributed by atoms with van der Waals surface area (Å²) in [4.78, 5) is 124. The van der Waals surface area contributed by atoms with Crippen LogP contribution in [0.2, 0.25) is 0 Å². The van der Waals surface area contributed by atoms with Crippen LogP contribution in [0, 0.1) is 59.0 Å². The highest BCUT2D eigenvalue weighted by Gasteiger charge is 2.40. The van der Waals surface area contributed by atoms with Crippen molar-refractivity contribution in [2.75, 3.05) is 58.9 Å². The smallest absolute Gasteiger partial charge is 0.318 e. The van der Waals surface area contributed by atoms with Gasteiger partial charge in [0.1, 0.15) is 35.4 Å². The Hall–Kier alpha value is -13.1. The van der Waals surface area contributed by atoms with Crippen LogP contribution in [-0.4, -0.2) is 215 Å². The second-order valence-electron chi connectivity index (χ2n) is 34.4. The molecule has 0 radical (unpaired) electrons. The van der Waals surface area contributed by atoms with E-state index in [0.29, 0.717) is 36.6 Å². The standard InChI is InChI=1S/3C37H48N4O5.3CH4/c3*1-25(2)34(41-20-12-19-38-37(41)45)36(44)39-30(21-28-15-7-5-8-16-28)23-32(42)31(22-29-17-9-6-10-18-29)40-33(43)24-46-35-26(3)13-11-14-27(35)4;;;/h3*5-11,13-18,25,30-32,34,42H,12,19-24H2,1-4H3,(H,38,45)(H,39,44)(H,40,43);3*1H4/t3*30-,31-,32-,34-;;;/m000.../s1/i3D3,4D3,12D2,19D2,20D2,21D2,22D2;3D3,4D3,11D,13D,14D;12D2,19D2,20D2;;;. The summed E-state index contributed by atoms with van der Waals surface area (Å²) in [6.07, 6.45) is -16.1. The zero-order valence-corrected chi connectivity index (χ0v) is 78.2. The number of carbonyl (C=O) groups is 9. The van der Waals surface area contributed by atoms with E-state index in [1.54, 1.807) is 61.6 Å². The second-order valence-corrected chi connectivity index (χ2v) is 34.4. The number of hydrogen-bond donors (Lipinski definition) is 12. The SMILES string of the molecule is C.C.C.[2H]C([2H])([2H])c1cccc(C([2H])([2H])[2H])c1OCC(=O)N[C@H]([C@@H](O)C[C@@H](NC(=O)[C@H](C(C)C)N1C(=O)NC([2H])([2H])C([2H])([2H])C1([2H])[2H])C([2H])([2H])c1ccccc1)C([2H])([2H])c1ccccc1.[2H]C1([2H])NC(=O)N([C@H](C(=O)N[C@@H](Cc2ccccc2)C[C@H](O)[C@H](Cc2ccccc2)NC(=O)COc2c(C)cccc2C)C(C)C)C([2H])([2H])C1([2H])[2H].[2H]c1c([2H])c(C([2H])([2H])[2H])c(OCC(=O)N[C@@H](Cc2ccccc2)[C@@H](O)C[C@H](Cc2ccccc2)NC(=O)[C@H](C(C)C)N2CCCNC2=O)c(C([2H])([2H])[2H])c1[2H]. The van der Waals surface area contributed by atoms with Gasteiger partial charge in [0.25, 0.3) is 17.7 Å². The maximum atomic E-state index is 14.3. The molecule has 0 aromatic heterocycles. The molecule has 3 fully saturated rings. The van der Waals surface area contributed by atoms with Crippen molar-refractivity contribution in [2.24, 2.45) is 17.8 Å². The molecule has 3 aliphatic rings. The quantitative estimate of drug-likeness (QED) is 0.0169. The molecular formula is C114H156N12O15. The summed E-state index contributed by atoms with van der Waals surface area (Å²) < 4.78 is 272. The molecule has 27 heteroatoms. The van der Waals surface area contributed by atoms with E-state index in [2.05, 4.69) is 37.2 Å². The highest BCUT2D eigenvalue weighted by molar-refractivity contribution is 5.90. The fraction of sp³-hybridized carbons (Fsp3) is 0.447. The molecule has 141 heavy (non-hydrogen) atoms. The Morgan fingerprint density at radius 3 is 1.06 bits per heavy atom. The van der Waals surface area contributed by atoms with Crippen LogP contribution in [0.25, 0.3) is 0 Å². The van der Waals surface area contributed by atoms with Gasteiger partial charge in [0.05, 0.1) is 40.5 Å². The number of aliphatic hydroxyl groups excluding tert-OH is 3. The van der Waals surface area contributed by atoms with Crippen LogP contribution in [0.5, 0.6) is 17.2 Å². The molecule has 0 saturated carbocycles. The third-order valence-corrected chi connectivity index (χ3v) is 22.6. The van der Waals surface area contributed by atoms with Crippen molar-refractivity contribution in [1.82, 2.24) is 62.6 Å². The van der Waals surface area contributed by atoms with Crippen LogP contribution in [0.3, 0.4) is 0 Å². The Bertz CT molecular complexity index is 6740. The lowest BCUT2D eigenvalue weighted by atomic mass is 9.92. The number of urea groups is 3. The van der Waals surface area contributed by atoms with Crippen molar-refractivity contribution in [3.8, 4) is 17.2 Å². The van der Waals surface area contributed by atoms with Gasteiger partial charge in [0.15, 0.2) is 19.8 Å². The number of aryl methyl sites for hydroxylation is 4. The van der Waals surface area contributed by atoms with Gasteiger partial charge >= 0.3 is 18.1 Å². The highest BCUT2D eigenvalue weighted by Crippen LogP contribution is 2.29. The van der Waals surface area contributed by atoms with Gasteiger partial charge in [-0.2, -0.15) is 0 Å². The van der Waals surface area contributed by atoms with Gasteiger partial charge in [-0.25, -0.2) is 14.4 Å². The van der Waals surface area contributed by atoms with Crippen LogP contribution < -0.4 is 62.1 Å². The topological polar surface area (TPSA) is 360 Å². The summed E-state index contributed by atoms with van der Waals surface area (Å²) >= 11 is 0. The number of benzene rings is 9. The van der Waals surface area contributed by atoms with E-state index in [9.17, 15) is 61.2 Å². The molecule has 0 unspecified atom stereocenters. The molecule has 0 aliphatic carbocycles. The molecule has 12 N–H and O–H groups in total. The van der Waals surface area contributed by atoms with Gasteiger partial charge in [0, 0.05) is 95.6 Å². The lowest BCUT2D eigenvalue weighted by molar-refractivity contribution is -0.129. The lowest BCUT2D eigenvalue weighted by Crippen LogP contribution is -2.59. The molecular weight excluding hydrogens is 1780 g/mol. The third-order valence-electron chi connectivity index (χ3n) is 22.6. The first kappa shape index (κ1) is 75.7. The predicted octanol–water partition coefficient (Wildman–Crippen LogP) is 14.9. The van der Waals surface area contributed by atoms with Gasteiger partial charge in [-0.05, 0) is 203 Å². The fourth-order valence-corrected chi connectivity index (χ4v) is 15.9. The zero-order chi connectivity index (χ0) is 126. The Morgan fingerprint density at radius 2 is 0.688 bits per heavy atom. The number of para-hydroxylation sites is 3. The molecule has 3 saturated heterocycles. The highest BCUT2D eigenvalue weighted by atomic mass is 16.5. The van der Waals surface area contributed by atoms with Crippen molar-refractivity contribution in [1.29, 1.82) is 0 Å². The summed E-state index contributed by atoms with van der Waals surface area (Å²) in [5.74, 6) is -7.87. The van der Waals surface area contributed by atoms with Crippen molar-refractivity contribution >= 4 is 53.5 Å². The van der Waals surface area contributed by atoms with Crippen LogP contribution in [0.15, 0.2) is 237 Å². The maximum absolute atomic E-state index is 14.3. The number of hydrogen-bond acceptors (Lipinski definition) is 15. The van der Waals surface area contributed by atoms with Gasteiger partial charge in [-0.3, -0.25) is 28.8 Å². The third kappa shape index (κ3) is 36.5. The Kier molecular flexibility index (Phi) is 31.6. The summed E-state index contributed by atoms with van der Waals surface area (Å²) in [5, 5.41) is 58.3. The molecule has 27 nitrogen and oxygen atoms in total. The van der Waals surface area contributed by atoms with Crippen molar-refractivity contribution in [2.45, 2.75) is 255 Å². The molecule has 3 aliphatic heterocycles. The minimum atomic E-state index is -3.46. The molecule has 0 spiro atoms. The van der Waals surface area contributed by atoms with E-state index in [4.69, 9.17) is 54.0 Å². The monoisotopic (exact) mass is 1960 g/mol. The summed E-state index contributed by atoms with van der Waals surface area (Å²) in [6.45, 7) is -13.0. The van der Waals surface area contributed by atoms with E-state index in [1.807, 2.05) is 142 Å². The molecule has 12 amide bonds. The van der Waals surface area contributed by atoms with Crippen molar-refractivity contribution < 1.29 is 115 Å². The average molecular weight is 1970 g/mol. The molecule has 9 aromatic rings. The van der Waals surface area contributed by atoms with E-state index in [0.717, 1.165) is 45.5 Å². The number of nitrogens with zero attached hydrogens (tertiary/aromatic N) is 3. The van der Waals surface area contributed by atoms with Gasteiger partial charge < -0.3 is 92.1 Å². The van der Waals surface area contributed by atoms with E-state index in [-0.39, 0.29) is 89.0 Å². The number of amides is 12. The molecule has 0 bridgehead atoms. The number of aliphatic hydroxyl groups is 3. The normalized spacial score (nSPS) is 21.4. The van der Waals surface area contributed by atoms with Crippen molar-refractivity contribution in [3.05, 3.63) is 303 Å². The van der Waals surface area contributed by atoms with E-state index < -0.39 is 282 Å². The van der Waals surface area contributed by atoms with Crippen molar-refractivity contribution in [3.63, 3.8) is 0 Å². The van der Waals surface area contributed by atoms with Crippen LogP contribution in [-0.2, 0) is 67.2 Å². The summed E-state index contributed by atoms with van der Waals surface area (Å²) in [7, 11) is 0. The first-order valence-electron chi connectivity index (χ1n) is 61.1. The Morgan fingerprint density at radius 1 is 0.383 bits per heavy atom. The molecule has 762 valence electrons. The average Bonchev–Trinajstić information content (AvgIpc) is 0.713. The Balaban J connectivity index is 0.000000344. The largest absolute Gasteiger partial charge is 0.483 e. The number of ether oxygens (including phenoxy) is 3. The first-order valence-corrected chi connectivity index (χ1v) is 45.6. The minimum Gasteiger partial charge on any atom is -0.483 e. The first-order chi connectivity index (χ1) is 78.4. The number of nitrogens with one attached hydrogen (secondary N) is 9. The fourth-order valence-electron chi connectivity index (χ4n) is 15.9. The predicted molar refractivity (Wildman–Crippen MR) is 559 cm³/mol.